The maximum Gasteiger partial charge on any atom is 0.0661 e. The highest BCUT2D eigenvalue weighted by molar-refractivity contribution is 5.69. The van der Waals surface area contributed by atoms with Gasteiger partial charge >= 0.3 is 0 Å². The van der Waals surface area contributed by atoms with Crippen molar-refractivity contribution in [2.75, 3.05) is 37.5 Å². The van der Waals surface area contributed by atoms with Gasteiger partial charge in [-0.25, -0.2) is 0 Å². The predicted octanol–water partition coefficient (Wildman–Crippen LogP) is 2.13. The molecule has 0 aliphatic carbocycles. The van der Waals surface area contributed by atoms with Gasteiger partial charge in [-0.3, -0.25) is 0 Å². The van der Waals surface area contributed by atoms with Gasteiger partial charge in [-0.15, -0.1) is 0 Å². The molecule has 1 aliphatic rings. The lowest BCUT2D eigenvalue weighted by Gasteiger charge is -2.18. The van der Waals surface area contributed by atoms with Gasteiger partial charge in [0.2, 0.25) is 0 Å². The van der Waals surface area contributed by atoms with Crippen LogP contribution in [0.5, 0.6) is 0 Å². The van der Waals surface area contributed by atoms with E-state index in [1.165, 1.54) is 16.9 Å². The molecule has 0 aromatic heterocycles. The molecular formula is C13H20N2O. The van der Waals surface area contributed by atoms with Crippen LogP contribution in [0, 0.1) is 0 Å². The Hall–Kier alpha value is -1.22. The number of ether oxygens (including phenoxy) is 1. The fourth-order valence-corrected chi connectivity index (χ4v) is 2.29. The molecule has 0 radical (unpaired) electrons. The molecule has 3 heteroatoms. The molecule has 1 heterocycles. The molecule has 3 nitrogen and oxygen atoms in total. The summed E-state index contributed by atoms with van der Waals surface area (Å²) in [6.07, 6.45) is 1.13. The molecule has 0 fully saturated rings. The summed E-state index contributed by atoms with van der Waals surface area (Å²) >= 11 is 0. The van der Waals surface area contributed by atoms with E-state index < -0.39 is 0 Å². The fraction of sp³-hybridized carbons (Fsp3) is 0.538. The molecule has 1 N–H and O–H groups in total. The molecule has 0 bridgehead atoms. The first-order valence-corrected chi connectivity index (χ1v) is 5.81. The van der Waals surface area contributed by atoms with Gasteiger partial charge in [0.25, 0.3) is 0 Å². The van der Waals surface area contributed by atoms with Gasteiger partial charge in [-0.1, -0.05) is 6.07 Å². The third kappa shape index (κ3) is 2.14. The number of likely N-dealkylation sites (N-methyl/N-ethyl adjacent to an activating group) is 1. The van der Waals surface area contributed by atoms with Crippen LogP contribution in [0.2, 0.25) is 0 Å². The molecule has 0 amide bonds. The summed E-state index contributed by atoms with van der Waals surface area (Å²) in [5, 5.41) is 3.51. The van der Waals surface area contributed by atoms with Crippen LogP contribution in [-0.4, -0.2) is 33.4 Å². The average molecular weight is 220 g/mol. The average Bonchev–Trinajstić information content (AvgIpc) is 2.62. The summed E-state index contributed by atoms with van der Waals surface area (Å²) in [7, 11) is 3.88. The zero-order valence-electron chi connectivity index (χ0n) is 10.3. The molecule has 0 spiro atoms. The molecule has 0 saturated heterocycles. The minimum atomic E-state index is 0.349. The Balaban J connectivity index is 2.16. The Labute approximate surface area is 97.4 Å². The number of nitrogens with one attached hydrogen (secondary N) is 1. The van der Waals surface area contributed by atoms with Crippen LogP contribution in [0.25, 0.3) is 0 Å². The quantitative estimate of drug-likeness (QED) is 0.841. The Morgan fingerprint density at radius 2 is 2.31 bits per heavy atom. The summed E-state index contributed by atoms with van der Waals surface area (Å²) in [6.45, 7) is 3.99. The van der Waals surface area contributed by atoms with E-state index in [1.807, 2.05) is 0 Å². The Kier molecular flexibility index (Phi) is 3.34. The highest BCUT2D eigenvalue weighted by Gasteiger charge is 2.18. The SMILES string of the molecule is COCC(C)Nc1cccc2c1CCN2C. The molecule has 1 aromatic rings. The first-order valence-electron chi connectivity index (χ1n) is 5.81. The van der Waals surface area contributed by atoms with Gasteiger partial charge in [0, 0.05) is 43.7 Å². The highest BCUT2D eigenvalue weighted by atomic mass is 16.5. The lowest BCUT2D eigenvalue weighted by atomic mass is 10.1. The number of rotatable bonds is 4. The van der Waals surface area contributed by atoms with Crippen molar-refractivity contribution in [2.24, 2.45) is 0 Å². The Bertz CT molecular complexity index is 365. The lowest BCUT2D eigenvalue weighted by molar-refractivity contribution is 0.190. The van der Waals surface area contributed by atoms with E-state index in [4.69, 9.17) is 4.74 Å². The van der Waals surface area contributed by atoms with Crippen LogP contribution in [0.3, 0.4) is 0 Å². The van der Waals surface area contributed by atoms with E-state index in [0.717, 1.165) is 19.6 Å². The molecule has 1 aromatic carbocycles. The Morgan fingerprint density at radius 1 is 1.50 bits per heavy atom. The van der Waals surface area contributed by atoms with Crippen molar-refractivity contribution in [3.8, 4) is 0 Å². The summed E-state index contributed by atoms with van der Waals surface area (Å²) < 4.78 is 5.14. The zero-order chi connectivity index (χ0) is 11.5. The zero-order valence-corrected chi connectivity index (χ0v) is 10.3. The normalized spacial score (nSPS) is 16.1. The van der Waals surface area contributed by atoms with Crippen molar-refractivity contribution < 1.29 is 4.74 Å². The number of nitrogens with zero attached hydrogens (tertiary/aromatic N) is 1. The second-order valence-electron chi connectivity index (χ2n) is 4.48. The van der Waals surface area contributed by atoms with Gasteiger partial charge in [-0.05, 0) is 25.5 Å². The first-order chi connectivity index (χ1) is 7.72. The molecule has 1 aliphatic heterocycles. The summed E-state index contributed by atoms with van der Waals surface area (Å²) in [5.41, 5.74) is 4.05. The number of anilines is 2. The number of benzene rings is 1. The van der Waals surface area contributed by atoms with E-state index in [1.54, 1.807) is 7.11 Å². The van der Waals surface area contributed by atoms with Gasteiger partial charge in [0.05, 0.1) is 6.61 Å². The molecule has 16 heavy (non-hydrogen) atoms. The smallest absolute Gasteiger partial charge is 0.0661 e. The largest absolute Gasteiger partial charge is 0.383 e. The molecule has 2 rings (SSSR count). The van der Waals surface area contributed by atoms with Crippen molar-refractivity contribution in [3.63, 3.8) is 0 Å². The molecule has 0 saturated carbocycles. The van der Waals surface area contributed by atoms with Crippen molar-refractivity contribution in [3.05, 3.63) is 23.8 Å². The van der Waals surface area contributed by atoms with Crippen molar-refractivity contribution in [1.29, 1.82) is 0 Å². The lowest BCUT2D eigenvalue weighted by Crippen LogP contribution is -2.21. The summed E-state index contributed by atoms with van der Waals surface area (Å²) in [4.78, 5) is 2.31. The topological polar surface area (TPSA) is 24.5 Å². The van der Waals surface area contributed by atoms with E-state index in [9.17, 15) is 0 Å². The minimum Gasteiger partial charge on any atom is -0.383 e. The minimum absolute atomic E-state index is 0.349. The number of hydrogen-bond donors (Lipinski definition) is 1. The molecular weight excluding hydrogens is 200 g/mol. The number of hydrogen-bond acceptors (Lipinski definition) is 3. The second kappa shape index (κ2) is 4.74. The van der Waals surface area contributed by atoms with Gasteiger partial charge in [0.1, 0.15) is 0 Å². The van der Waals surface area contributed by atoms with Crippen LogP contribution in [0.1, 0.15) is 12.5 Å². The highest BCUT2D eigenvalue weighted by Crippen LogP contribution is 2.32. The summed E-state index contributed by atoms with van der Waals surface area (Å²) in [6, 6.07) is 6.81. The van der Waals surface area contributed by atoms with E-state index in [2.05, 4.69) is 42.4 Å². The molecule has 1 atom stereocenters. The fourth-order valence-electron chi connectivity index (χ4n) is 2.29. The van der Waals surface area contributed by atoms with E-state index in [-0.39, 0.29) is 0 Å². The van der Waals surface area contributed by atoms with E-state index >= 15 is 0 Å². The van der Waals surface area contributed by atoms with Crippen molar-refractivity contribution >= 4 is 11.4 Å². The third-order valence-corrected chi connectivity index (χ3v) is 3.08. The van der Waals surface area contributed by atoms with Crippen LogP contribution in [0.15, 0.2) is 18.2 Å². The number of fused-ring (bicyclic) bond motifs is 1. The molecule has 1 unspecified atom stereocenters. The second-order valence-corrected chi connectivity index (χ2v) is 4.48. The maximum absolute atomic E-state index is 5.14. The Morgan fingerprint density at radius 3 is 3.06 bits per heavy atom. The standard InChI is InChI=1S/C13H20N2O/c1-10(9-16-3)14-12-5-4-6-13-11(12)7-8-15(13)2/h4-6,10,14H,7-9H2,1-3H3. The predicted molar refractivity (Wildman–Crippen MR) is 68.4 cm³/mol. The monoisotopic (exact) mass is 220 g/mol. The van der Waals surface area contributed by atoms with Crippen LogP contribution in [-0.2, 0) is 11.2 Å². The van der Waals surface area contributed by atoms with Crippen LogP contribution >= 0.6 is 0 Å². The van der Waals surface area contributed by atoms with Crippen LogP contribution < -0.4 is 10.2 Å². The van der Waals surface area contributed by atoms with Crippen molar-refractivity contribution in [1.82, 2.24) is 0 Å². The summed E-state index contributed by atoms with van der Waals surface area (Å²) in [5.74, 6) is 0. The van der Waals surface area contributed by atoms with Crippen molar-refractivity contribution in [2.45, 2.75) is 19.4 Å². The van der Waals surface area contributed by atoms with Gasteiger partial charge < -0.3 is 15.0 Å². The maximum atomic E-state index is 5.14. The van der Waals surface area contributed by atoms with Crippen LogP contribution in [0.4, 0.5) is 11.4 Å². The third-order valence-electron chi connectivity index (χ3n) is 3.08. The van der Waals surface area contributed by atoms with Gasteiger partial charge in [-0.2, -0.15) is 0 Å². The molecule has 88 valence electrons. The number of methoxy groups -OCH3 is 1. The first kappa shape index (κ1) is 11.3. The van der Waals surface area contributed by atoms with Gasteiger partial charge in [0.15, 0.2) is 0 Å². The van der Waals surface area contributed by atoms with E-state index in [0.29, 0.717) is 6.04 Å².